The Hall–Kier alpha value is -5.01. The summed E-state index contributed by atoms with van der Waals surface area (Å²) < 4.78 is 3.34. The number of nitrogen functional groups attached to an aromatic ring is 1. The van der Waals surface area contributed by atoms with Crippen molar-refractivity contribution in [2.45, 2.75) is 33.6 Å². The third-order valence-corrected chi connectivity index (χ3v) is 5.96. The predicted octanol–water partition coefficient (Wildman–Crippen LogP) is 4.46. The molecule has 3 aromatic heterocycles. The first-order valence-corrected chi connectivity index (χ1v) is 13.4. The zero-order valence-corrected chi connectivity index (χ0v) is 24.1. The number of carbonyl (C=O) groups excluding carboxylic acids is 1. The number of benzene rings is 2. The summed E-state index contributed by atoms with van der Waals surface area (Å²) in [6.07, 6.45) is 8.02. The van der Waals surface area contributed by atoms with Gasteiger partial charge in [0.25, 0.3) is 11.5 Å². The van der Waals surface area contributed by atoms with Gasteiger partial charge in [0.15, 0.2) is 5.65 Å². The van der Waals surface area contributed by atoms with Crippen LogP contribution < -0.4 is 22.8 Å². The number of aromatic nitrogens is 4. The van der Waals surface area contributed by atoms with E-state index in [1.54, 1.807) is 21.4 Å². The van der Waals surface area contributed by atoms with Crippen LogP contribution in [-0.4, -0.2) is 24.8 Å². The van der Waals surface area contributed by atoms with E-state index in [1.807, 2.05) is 55.5 Å². The molecule has 0 atom stereocenters. The van der Waals surface area contributed by atoms with Crippen molar-refractivity contribution in [1.82, 2.24) is 18.9 Å². The second kappa shape index (κ2) is 14.4. The van der Waals surface area contributed by atoms with Crippen molar-refractivity contribution in [3.63, 3.8) is 0 Å². The van der Waals surface area contributed by atoms with Crippen molar-refractivity contribution < 1.29 is 4.79 Å². The van der Waals surface area contributed by atoms with E-state index in [9.17, 15) is 9.59 Å². The number of anilines is 1. The van der Waals surface area contributed by atoms with Gasteiger partial charge < -0.3 is 17.2 Å². The monoisotopic (exact) mass is 567 g/mol. The summed E-state index contributed by atoms with van der Waals surface area (Å²) in [6, 6.07) is 17.4. The number of carbonyl (C=O) groups is 1. The lowest BCUT2D eigenvalue weighted by Gasteiger charge is -2.14. The molecule has 0 aliphatic carbocycles. The molecule has 5 aromatic rings. The Bertz CT molecular complexity index is 1810. The normalized spacial score (nSPS) is 10.6. The molecule has 0 radical (unpaired) electrons. The number of hydrogen-bond acceptors (Lipinski definition) is 7. The van der Waals surface area contributed by atoms with Crippen LogP contribution in [0.5, 0.6) is 0 Å². The average Bonchev–Trinajstić information content (AvgIpc) is 3.45. The smallest absolute Gasteiger partial charge is 0.264 e. The molecule has 41 heavy (non-hydrogen) atoms. The summed E-state index contributed by atoms with van der Waals surface area (Å²) in [5, 5.41) is 1.49. The van der Waals surface area contributed by atoms with Crippen LogP contribution in [-0.2, 0) is 6.42 Å². The Kier molecular flexibility index (Phi) is 10.7. The van der Waals surface area contributed by atoms with Crippen LogP contribution in [0.15, 0.2) is 89.2 Å². The molecule has 3 heterocycles. The molecule has 0 saturated carbocycles. The molecule has 1 amide bonds. The first kappa shape index (κ1) is 30.5. The van der Waals surface area contributed by atoms with E-state index in [-0.39, 0.29) is 16.9 Å². The minimum atomic E-state index is -0.623. The summed E-state index contributed by atoms with van der Waals surface area (Å²) in [5.74, 6) is 5.34. The van der Waals surface area contributed by atoms with Gasteiger partial charge in [-0.15, -0.1) is 12.6 Å². The number of nitrogens with zero attached hydrogens (tertiary/aromatic N) is 4. The van der Waals surface area contributed by atoms with Crippen LogP contribution in [0.1, 0.15) is 48.8 Å². The quantitative estimate of drug-likeness (QED) is 0.187. The summed E-state index contributed by atoms with van der Waals surface area (Å²) in [5.41, 5.74) is 19.0. The standard InChI is InChI=1S/C21H18N2OS.C7H7N5O.C3H8/c1-2-17-13-16-8-6-7-15(11-12-19(25)14-22)20(16)21(24)23(17)18-9-4-3-5-10-18;8-5-4(6(9)13)7-10-1-2-12(7)3-11-5;1-3-2/h3-10,13-14,25H,2,22H2,1H3;1-3H,8H2,(H2,9,13);3H2,1-2H3/b19-14-;;. The van der Waals surface area contributed by atoms with Gasteiger partial charge in [-0.1, -0.05) is 69.4 Å². The molecule has 6 N–H and O–H groups in total. The molecule has 0 spiro atoms. The molecule has 5 rings (SSSR count). The fourth-order valence-electron chi connectivity index (χ4n) is 3.95. The lowest BCUT2D eigenvalue weighted by Crippen LogP contribution is -2.22. The minimum absolute atomic E-state index is 0.0668. The first-order valence-electron chi connectivity index (χ1n) is 13.0. The molecule has 0 fully saturated rings. The van der Waals surface area contributed by atoms with Crippen LogP contribution in [0.2, 0.25) is 0 Å². The van der Waals surface area contributed by atoms with Gasteiger partial charge in [-0.05, 0) is 36.1 Å². The van der Waals surface area contributed by atoms with E-state index in [0.717, 1.165) is 23.2 Å². The number of para-hydroxylation sites is 1. The Morgan fingerprint density at radius 3 is 2.41 bits per heavy atom. The maximum atomic E-state index is 13.3. The molecular formula is C31H33N7O2S. The number of thiol groups is 1. The van der Waals surface area contributed by atoms with Gasteiger partial charge >= 0.3 is 0 Å². The summed E-state index contributed by atoms with van der Waals surface area (Å²) in [6.45, 7) is 6.29. The fourth-order valence-corrected chi connectivity index (χ4v) is 4.01. The number of pyridine rings is 1. The predicted molar refractivity (Wildman–Crippen MR) is 169 cm³/mol. The molecular weight excluding hydrogens is 534 g/mol. The number of aryl methyl sites for hydroxylation is 1. The number of fused-ring (bicyclic) bond motifs is 2. The average molecular weight is 568 g/mol. The van der Waals surface area contributed by atoms with Crippen molar-refractivity contribution in [2.75, 3.05) is 5.73 Å². The van der Waals surface area contributed by atoms with Gasteiger partial charge in [0.1, 0.15) is 17.7 Å². The molecule has 0 unspecified atom stereocenters. The lowest BCUT2D eigenvalue weighted by molar-refractivity contribution is 0.100. The molecule has 0 bridgehead atoms. The Morgan fingerprint density at radius 1 is 1.07 bits per heavy atom. The molecule has 9 nitrogen and oxygen atoms in total. The second-order valence-electron chi connectivity index (χ2n) is 8.77. The third kappa shape index (κ3) is 7.15. The molecule has 0 saturated heterocycles. The second-order valence-corrected chi connectivity index (χ2v) is 9.25. The number of primary amides is 1. The van der Waals surface area contributed by atoms with Crippen molar-refractivity contribution >= 4 is 40.8 Å². The van der Waals surface area contributed by atoms with Gasteiger partial charge in [-0.3, -0.25) is 18.6 Å². The maximum Gasteiger partial charge on any atom is 0.264 e. The Morgan fingerprint density at radius 2 is 1.78 bits per heavy atom. The molecule has 0 aliphatic rings. The van der Waals surface area contributed by atoms with Gasteiger partial charge in [0.2, 0.25) is 0 Å². The van der Waals surface area contributed by atoms with Crippen LogP contribution in [0, 0.1) is 11.8 Å². The number of allylic oxidation sites excluding steroid dienone is 1. The summed E-state index contributed by atoms with van der Waals surface area (Å²) in [4.78, 5) is 32.5. The van der Waals surface area contributed by atoms with E-state index in [0.29, 0.717) is 21.5 Å². The fraction of sp³-hybridized carbons (Fsp3) is 0.161. The van der Waals surface area contributed by atoms with Gasteiger partial charge in [-0.2, -0.15) is 0 Å². The van der Waals surface area contributed by atoms with Crippen molar-refractivity contribution in [3.05, 3.63) is 112 Å². The number of hydrogen-bond donors (Lipinski definition) is 4. The van der Waals surface area contributed by atoms with Crippen LogP contribution in [0.25, 0.3) is 22.1 Å². The molecule has 2 aromatic carbocycles. The zero-order chi connectivity index (χ0) is 29.9. The van der Waals surface area contributed by atoms with Crippen molar-refractivity contribution in [1.29, 1.82) is 0 Å². The number of rotatable bonds is 3. The minimum Gasteiger partial charge on any atom is -0.403 e. The van der Waals surface area contributed by atoms with E-state index >= 15 is 0 Å². The Labute approximate surface area is 244 Å². The SMILES string of the molecule is CCC.CCc1cc2cccc(C#C/C(S)=C/N)c2c(=O)n1-c1ccccc1.NC(=O)c1c(N)ncn2ccnc12. The summed E-state index contributed by atoms with van der Waals surface area (Å²) in [7, 11) is 0. The van der Waals surface area contributed by atoms with Crippen LogP contribution in [0.3, 0.4) is 0 Å². The molecule has 210 valence electrons. The molecule has 10 heteroatoms. The van der Waals surface area contributed by atoms with E-state index in [1.165, 1.54) is 18.9 Å². The summed E-state index contributed by atoms with van der Waals surface area (Å²) >= 11 is 4.17. The maximum absolute atomic E-state index is 13.3. The van der Waals surface area contributed by atoms with Crippen molar-refractivity contribution in [2.24, 2.45) is 11.5 Å². The van der Waals surface area contributed by atoms with Crippen LogP contribution in [0.4, 0.5) is 5.82 Å². The Balaban J connectivity index is 0.000000241. The number of amides is 1. The topological polar surface area (TPSA) is 147 Å². The first-order chi connectivity index (χ1) is 19.8. The van der Waals surface area contributed by atoms with Gasteiger partial charge in [0.05, 0.1) is 10.3 Å². The third-order valence-electron chi connectivity index (χ3n) is 5.70. The highest BCUT2D eigenvalue weighted by molar-refractivity contribution is 7.84. The largest absolute Gasteiger partial charge is 0.403 e. The van der Waals surface area contributed by atoms with E-state index < -0.39 is 5.91 Å². The zero-order valence-electron chi connectivity index (χ0n) is 23.2. The molecule has 0 aliphatic heterocycles. The lowest BCUT2D eigenvalue weighted by atomic mass is 10.0. The highest BCUT2D eigenvalue weighted by Gasteiger charge is 2.13. The van der Waals surface area contributed by atoms with Crippen molar-refractivity contribution in [3.8, 4) is 17.5 Å². The number of imidazole rings is 1. The highest BCUT2D eigenvalue weighted by Crippen LogP contribution is 2.19. The van der Waals surface area contributed by atoms with Gasteiger partial charge in [0, 0.05) is 35.5 Å². The van der Waals surface area contributed by atoms with Crippen LogP contribution >= 0.6 is 12.6 Å². The van der Waals surface area contributed by atoms with Gasteiger partial charge in [-0.25, -0.2) is 9.97 Å². The van der Waals surface area contributed by atoms with E-state index in [2.05, 4.69) is 54.4 Å². The number of nitrogens with two attached hydrogens (primary N) is 3. The highest BCUT2D eigenvalue weighted by atomic mass is 32.1. The van der Waals surface area contributed by atoms with E-state index in [4.69, 9.17) is 17.2 Å².